The molecular weight excluding hydrogens is 386 g/mol. The molecule has 0 aliphatic heterocycles. The molecule has 2 aromatic rings. The van der Waals surface area contributed by atoms with Crippen LogP contribution < -0.4 is 19.5 Å². The Morgan fingerprint density at radius 1 is 1.04 bits per heavy atom. The Morgan fingerprint density at radius 3 is 2.20 bits per heavy atom. The van der Waals surface area contributed by atoms with E-state index in [2.05, 4.69) is 21.2 Å². The van der Waals surface area contributed by atoms with Crippen LogP contribution in [0.2, 0.25) is 0 Å². The standard InChI is InChI=1S/C19H22BrNO4/c1-12-5-7-14(11-15(12)20)21-18(22)8-6-13-9-16(23-2)19(25-4)17(10-13)24-3/h5,7,9-11H,6,8H2,1-4H3,(H,21,22). The normalized spacial score (nSPS) is 10.3. The third kappa shape index (κ3) is 4.89. The number of amides is 1. The molecule has 6 heteroatoms. The summed E-state index contributed by atoms with van der Waals surface area (Å²) < 4.78 is 16.9. The number of methoxy groups -OCH3 is 3. The minimum absolute atomic E-state index is 0.0514. The fraction of sp³-hybridized carbons (Fsp3) is 0.316. The number of rotatable bonds is 7. The lowest BCUT2D eigenvalue weighted by atomic mass is 10.1. The average Bonchev–Trinajstić information content (AvgIpc) is 2.62. The van der Waals surface area contributed by atoms with Gasteiger partial charge in [-0.1, -0.05) is 22.0 Å². The van der Waals surface area contributed by atoms with Gasteiger partial charge in [-0.3, -0.25) is 4.79 Å². The molecule has 134 valence electrons. The maximum atomic E-state index is 12.2. The molecule has 0 saturated carbocycles. The lowest BCUT2D eigenvalue weighted by molar-refractivity contribution is -0.116. The van der Waals surface area contributed by atoms with E-state index in [9.17, 15) is 4.79 Å². The molecule has 0 atom stereocenters. The number of nitrogens with one attached hydrogen (secondary N) is 1. The van der Waals surface area contributed by atoms with Gasteiger partial charge < -0.3 is 19.5 Å². The Hall–Kier alpha value is -2.21. The van der Waals surface area contributed by atoms with Crippen molar-refractivity contribution in [1.82, 2.24) is 0 Å². The first-order chi connectivity index (χ1) is 12.0. The quantitative estimate of drug-likeness (QED) is 0.740. The number of hydrogen-bond acceptors (Lipinski definition) is 4. The molecule has 5 nitrogen and oxygen atoms in total. The van der Waals surface area contributed by atoms with Crippen LogP contribution in [0.1, 0.15) is 17.5 Å². The van der Waals surface area contributed by atoms with Gasteiger partial charge in [0, 0.05) is 16.6 Å². The molecule has 25 heavy (non-hydrogen) atoms. The first-order valence-electron chi connectivity index (χ1n) is 7.83. The highest BCUT2D eigenvalue weighted by atomic mass is 79.9. The number of benzene rings is 2. The minimum Gasteiger partial charge on any atom is -0.493 e. The van der Waals surface area contributed by atoms with Crippen LogP contribution in [0.3, 0.4) is 0 Å². The summed E-state index contributed by atoms with van der Waals surface area (Å²) in [7, 11) is 4.71. The second kappa shape index (κ2) is 8.76. The molecule has 0 aliphatic rings. The third-order valence-electron chi connectivity index (χ3n) is 3.82. The van der Waals surface area contributed by atoms with Crippen molar-refractivity contribution in [3.05, 3.63) is 45.9 Å². The van der Waals surface area contributed by atoms with Gasteiger partial charge in [-0.15, -0.1) is 0 Å². The third-order valence-corrected chi connectivity index (χ3v) is 4.68. The van der Waals surface area contributed by atoms with Crippen LogP contribution in [0.15, 0.2) is 34.8 Å². The van der Waals surface area contributed by atoms with Gasteiger partial charge >= 0.3 is 0 Å². The molecule has 0 heterocycles. The smallest absolute Gasteiger partial charge is 0.224 e. The zero-order valence-corrected chi connectivity index (χ0v) is 16.4. The van der Waals surface area contributed by atoms with E-state index in [1.165, 1.54) is 0 Å². The van der Waals surface area contributed by atoms with Crippen LogP contribution in [0.4, 0.5) is 5.69 Å². The van der Waals surface area contributed by atoms with E-state index in [1.807, 2.05) is 37.3 Å². The first-order valence-corrected chi connectivity index (χ1v) is 8.62. The number of carbonyl (C=O) groups excluding carboxylic acids is 1. The average molecular weight is 408 g/mol. The molecule has 0 radical (unpaired) electrons. The maximum Gasteiger partial charge on any atom is 0.224 e. The number of ether oxygens (including phenoxy) is 3. The van der Waals surface area contributed by atoms with Crippen LogP contribution >= 0.6 is 15.9 Å². The van der Waals surface area contributed by atoms with E-state index in [0.29, 0.717) is 30.1 Å². The molecule has 0 unspecified atom stereocenters. The van der Waals surface area contributed by atoms with Crippen LogP contribution in [0.5, 0.6) is 17.2 Å². The minimum atomic E-state index is -0.0514. The van der Waals surface area contributed by atoms with Gasteiger partial charge in [-0.05, 0) is 48.7 Å². The molecule has 0 fully saturated rings. The van der Waals surface area contributed by atoms with E-state index >= 15 is 0 Å². The van der Waals surface area contributed by atoms with Crippen LogP contribution in [-0.2, 0) is 11.2 Å². The van der Waals surface area contributed by atoms with Crippen molar-refractivity contribution in [1.29, 1.82) is 0 Å². The molecule has 1 N–H and O–H groups in total. The molecule has 0 aromatic heterocycles. The van der Waals surface area contributed by atoms with Gasteiger partial charge in [-0.2, -0.15) is 0 Å². The number of aryl methyl sites for hydroxylation is 2. The second-order valence-corrected chi connectivity index (χ2v) is 6.40. The Labute approximate surface area is 156 Å². The summed E-state index contributed by atoms with van der Waals surface area (Å²) in [6.45, 7) is 2.00. The van der Waals surface area contributed by atoms with Crippen LogP contribution in [-0.4, -0.2) is 27.2 Å². The first kappa shape index (κ1) is 19.1. The fourth-order valence-electron chi connectivity index (χ4n) is 2.43. The zero-order chi connectivity index (χ0) is 18.4. The molecular formula is C19H22BrNO4. The summed E-state index contributed by atoms with van der Waals surface area (Å²) in [5.74, 6) is 1.66. The molecule has 0 spiro atoms. The Morgan fingerprint density at radius 2 is 1.68 bits per heavy atom. The predicted octanol–water partition coefficient (Wildman–Crippen LogP) is 4.35. The fourth-order valence-corrected chi connectivity index (χ4v) is 2.81. The topological polar surface area (TPSA) is 56.8 Å². The predicted molar refractivity (Wildman–Crippen MR) is 102 cm³/mol. The SMILES string of the molecule is COc1cc(CCC(=O)Nc2ccc(C)c(Br)c2)cc(OC)c1OC. The highest BCUT2D eigenvalue weighted by molar-refractivity contribution is 9.10. The van der Waals surface area contributed by atoms with Gasteiger partial charge in [0.15, 0.2) is 11.5 Å². The number of anilines is 1. The van der Waals surface area contributed by atoms with Gasteiger partial charge in [0.25, 0.3) is 0 Å². The van der Waals surface area contributed by atoms with Crippen molar-refractivity contribution < 1.29 is 19.0 Å². The maximum absolute atomic E-state index is 12.2. The van der Waals surface area contributed by atoms with Crippen molar-refractivity contribution in [2.75, 3.05) is 26.6 Å². The van der Waals surface area contributed by atoms with E-state index in [4.69, 9.17) is 14.2 Å². The molecule has 2 rings (SSSR count). The van der Waals surface area contributed by atoms with Crippen molar-refractivity contribution in [3.8, 4) is 17.2 Å². The summed E-state index contributed by atoms with van der Waals surface area (Å²) in [6.07, 6.45) is 0.916. The molecule has 0 aliphatic carbocycles. The lowest BCUT2D eigenvalue weighted by Gasteiger charge is -2.14. The highest BCUT2D eigenvalue weighted by Gasteiger charge is 2.14. The van der Waals surface area contributed by atoms with Crippen LogP contribution in [0, 0.1) is 6.92 Å². The number of carbonyl (C=O) groups is 1. The van der Waals surface area contributed by atoms with Crippen molar-refractivity contribution in [2.24, 2.45) is 0 Å². The summed E-state index contributed by atoms with van der Waals surface area (Å²) in [6, 6.07) is 9.46. The summed E-state index contributed by atoms with van der Waals surface area (Å²) in [5, 5.41) is 2.90. The zero-order valence-electron chi connectivity index (χ0n) is 14.8. The molecule has 0 saturated heterocycles. The van der Waals surface area contributed by atoms with Crippen LogP contribution in [0.25, 0.3) is 0 Å². The Balaban J connectivity index is 2.04. The van der Waals surface area contributed by atoms with E-state index in [0.717, 1.165) is 21.3 Å². The van der Waals surface area contributed by atoms with E-state index in [-0.39, 0.29) is 5.91 Å². The lowest BCUT2D eigenvalue weighted by Crippen LogP contribution is -2.12. The van der Waals surface area contributed by atoms with Gasteiger partial charge in [0.05, 0.1) is 21.3 Å². The second-order valence-electron chi connectivity index (χ2n) is 5.55. The number of hydrogen-bond donors (Lipinski definition) is 1. The van der Waals surface area contributed by atoms with E-state index < -0.39 is 0 Å². The van der Waals surface area contributed by atoms with Crippen molar-refractivity contribution in [3.63, 3.8) is 0 Å². The molecule has 1 amide bonds. The van der Waals surface area contributed by atoms with Gasteiger partial charge in [0.1, 0.15) is 0 Å². The molecule has 0 bridgehead atoms. The largest absolute Gasteiger partial charge is 0.493 e. The van der Waals surface area contributed by atoms with Gasteiger partial charge in [-0.25, -0.2) is 0 Å². The molecule has 2 aromatic carbocycles. The summed E-state index contributed by atoms with van der Waals surface area (Å²) >= 11 is 3.47. The number of halogens is 1. The van der Waals surface area contributed by atoms with Crippen molar-refractivity contribution >= 4 is 27.5 Å². The Kier molecular flexibility index (Phi) is 6.70. The summed E-state index contributed by atoms with van der Waals surface area (Å²) in [5.41, 5.74) is 2.83. The van der Waals surface area contributed by atoms with E-state index in [1.54, 1.807) is 21.3 Å². The van der Waals surface area contributed by atoms with Crippen molar-refractivity contribution in [2.45, 2.75) is 19.8 Å². The summed E-state index contributed by atoms with van der Waals surface area (Å²) in [4.78, 5) is 12.2. The Bertz CT molecular complexity index is 736. The highest BCUT2D eigenvalue weighted by Crippen LogP contribution is 2.38. The van der Waals surface area contributed by atoms with Gasteiger partial charge in [0.2, 0.25) is 11.7 Å². The monoisotopic (exact) mass is 407 g/mol.